The van der Waals surface area contributed by atoms with E-state index in [4.69, 9.17) is 4.74 Å². The molecule has 10 heteroatoms. The highest BCUT2D eigenvalue weighted by molar-refractivity contribution is 5.68. The first-order valence-corrected chi connectivity index (χ1v) is 9.03. The van der Waals surface area contributed by atoms with Crippen LogP contribution in [0.4, 0.5) is 28.2 Å². The van der Waals surface area contributed by atoms with Crippen molar-refractivity contribution in [1.82, 2.24) is 15.1 Å². The van der Waals surface area contributed by atoms with Gasteiger partial charge in [-0.2, -0.15) is 5.10 Å². The van der Waals surface area contributed by atoms with Gasteiger partial charge in [-0.1, -0.05) is 24.3 Å². The van der Waals surface area contributed by atoms with Gasteiger partial charge in [-0.15, -0.1) is 5.10 Å². The molecule has 0 saturated carbocycles. The van der Waals surface area contributed by atoms with Crippen molar-refractivity contribution in [3.05, 3.63) is 53.7 Å². The molecular formula is C19H20F4N4O2. The normalized spacial score (nSPS) is 18.5. The Morgan fingerprint density at radius 3 is 2.66 bits per heavy atom. The third-order valence-corrected chi connectivity index (χ3v) is 4.70. The number of aromatic nitrogens is 2. The molecule has 1 saturated heterocycles. The Balaban J connectivity index is 1.49. The minimum Gasteiger partial charge on any atom is -0.445 e. The van der Waals surface area contributed by atoms with Crippen LogP contribution in [0.5, 0.6) is 0 Å². The first kappa shape index (κ1) is 20.8. The monoisotopic (exact) mass is 412 g/mol. The molecule has 6 nitrogen and oxygen atoms in total. The van der Waals surface area contributed by atoms with Gasteiger partial charge in [0.05, 0.1) is 6.54 Å². The van der Waals surface area contributed by atoms with Gasteiger partial charge in [-0.3, -0.25) is 0 Å². The van der Waals surface area contributed by atoms with Gasteiger partial charge in [-0.25, -0.2) is 22.4 Å². The number of hydrogen-bond donors (Lipinski definition) is 1. The highest BCUT2D eigenvalue weighted by Gasteiger charge is 2.46. The fourth-order valence-corrected chi connectivity index (χ4v) is 3.01. The number of piperidine rings is 1. The molecule has 1 aliphatic rings. The molecule has 0 spiro atoms. The zero-order valence-electron chi connectivity index (χ0n) is 15.4. The van der Waals surface area contributed by atoms with Gasteiger partial charge in [0.1, 0.15) is 12.4 Å². The molecule has 1 fully saturated rings. The maximum atomic E-state index is 14.5. The van der Waals surface area contributed by atoms with Crippen LogP contribution in [0.1, 0.15) is 24.0 Å². The second-order valence-corrected chi connectivity index (χ2v) is 6.75. The maximum Gasteiger partial charge on any atom is 0.410 e. The van der Waals surface area contributed by atoms with Crippen molar-refractivity contribution in [3.8, 4) is 0 Å². The zero-order valence-corrected chi connectivity index (χ0v) is 15.4. The van der Waals surface area contributed by atoms with Crippen LogP contribution in [0, 0.1) is 5.92 Å². The van der Waals surface area contributed by atoms with Crippen LogP contribution >= 0.6 is 0 Å². The third-order valence-electron chi connectivity index (χ3n) is 4.70. The molecule has 1 atom stereocenters. The number of likely N-dealkylation sites (tertiary alicyclic amines) is 1. The molecule has 3 rings (SSSR count). The first-order chi connectivity index (χ1) is 13.8. The van der Waals surface area contributed by atoms with Crippen molar-refractivity contribution in [3.63, 3.8) is 0 Å². The quantitative estimate of drug-likeness (QED) is 0.723. The van der Waals surface area contributed by atoms with Crippen LogP contribution in [0.15, 0.2) is 42.6 Å². The molecule has 0 radical (unpaired) electrons. The van der Waals surface area contributed by atoms with Crippen molar-refractivity contribution in [2.75, 3.05) is 25.0 Å². The lowest BCUT2D eigenvalue weighted by Gasteiger charge is -2.37. The highest BCUT2D eigenvalue weighted by atomic mass is 19.3. The first-order valence-electron chi connectivity index (χ1n) is 9.03. The summed E-state index contributed by atoms with van der Waals surface area (Å²) in [4.78, 5) is 13.1. The van der Waals surface area contributed by atoms with E-state index in [1.807, 2.05) is 0 Å². The average Bonchev–Trinajstić information content (AvgIpc) is 2.71. The van der Waals surface area contributed by atoms with Gasteiger partial charge in [0, 0.05) is 30.8 Å². The minimum atomic E-state index is -3.09. The summed E-state index contributed by atoms with van der Waals surface area (Å²) >= 11 is 0. The SMILES string of the molecule is O=C(OCc1ccc(C(F)F)cc1)N1CC[C@H](CNc2cccnn2)C(F)(F)C1. The van der Waals surface area contributed by atoms with Gasteiger partial charge in [0.25, 0.3) is 12.3 Å². The minimum absolute atomic E-state index is 0.00503. The number of amides is 1. The molecule has 2 heterocycles. The molecule has 1 amide bonds. The summed E-state index contributed by atoms with van der Waals surface area (Å²) < 4.78 is 59.1. The van der Waals surface area contributed by atoms with Crippen LogP contribution in [-0.2, 0) is 11.3 Å². The van der Waals surface area contributed by atoms with Crippen LogP contribution in [-0.4, -0.2) is 46.7 Å². The van der Waals surface area contributed by atoms with Gasteiger partial charge in [0.2, 0.25) is 0 Å². The van der Waals surface area contributed by atoms with E-state index >= 15 is 0 Å². The topological polar surface area (TPSA) is 67.3 Å². The predicted octanol–water partition coefficient (Wildman–Crippen LogP) is 4.12. The van der Waals surface area contributed by atoms with Crippen molar-refractivity contribution in [2.24, 2.45) is 5.92 Å². The molecule has 0 aliphatic carbocycles. The summed E-state index contributed by atoms with van der Waals surface area (Å²) in [7, 11) is 0. The number of nitrogens with one attached hydrogen (secondary N) is 1. The molecule has 0 unspecified atom stereocenters. The number of carbonyl (C=O) groups excluding carboxylic acids is 1. The lowest BCUT2D eigenvalue weighted by Crippen LogP contribution is -2.52. The van der Waals surface area contributed by atoms with Crippen molar-refractivity contribution in [1.29, 1.82) is 0 Å². The molecule has 1 aromatic heterocycles. The molecule has 2 aromatic rings. The summed E-state index contributed by atoms with van der Waals surface area (Å²) in [6.45, 7) is -0.790. The van der Waals surface area contributed by atoms with Gasteiger partial charge in [-0.05, 0) is 24.1 Å². The smallest absolute Gasteiger partial charge is 0.410 e. The average molecular weight is 412 g/mol. The zero-order chi connectivity index (χ0) is 20.9. The van der Waals surface area contributed by atoms with E-state index in [-0.39, 0.29) is 31.7 Å². The summed E-state index contributed by atoms with van der Waals surface area (Å²) in [5.74, 6) is -3.65. The number of benzene rings is 1. The van der Waals surface area contributed by atoms with E-state index in [0.717, 1.165) is 4.90 Å². The number of nitrogens with zero attached hydrogens (tertiary/aromatic N) is 3. The van der Waals surface area contributed by atoms with Crippen molar-refractivity contribution < 1.29 is 27.1 Å². The Morgan fingerprint density at radius 1 is 1.28 bits per heavy atom. The number of carbonyl (C=O) groups is 1. The van der Waals surface area contributed by atoms with Gasteiger partial charge >= 0.3 is 6.09 Å². The highest BCUT2D eigenvalue weighted by Crippen LogP contribution is 2.33. The number of alkyl halides is 4. The van der Waals surface area contributed by atoms with E-state index in [0.29, 0.717) is 11.4 Å². The summed E-state index contributed by atoms with van der Waals surface area (Å²) in [5, 5.41) is 10.3. The van der Waals surface area contributed by atoms with Gasteiger partial charge < -0.3 is 15.0 Å². The van der Waals surface area contributed by atoms with E-state index in [1.165, 1.54) is 30.5 Å². The molecule has 1 aliphatic heterocycles. The predicted molar refractivity (Wildman–Crippen MR) is 96.7 cm³/mol. The Labute approximate surface area is 164 Å². The molecule has 156 valence electrons. The Bertz CT molecular complexity index is 806. The van der Waals surface area contributed by atoms with Crippen LogP contribution in [0.25, 0.3) is 0 Å². The van der Waals surface area contributed by atoms with Crippen molar-refractivity contribution >= 4 is 11.9 Å². The standard InChI is InChI=1S/C19H20F4N4O2/c20-17(21)14-5-3-13(4-6-14)11-29-18(28)27-9-7-15(19(22,23)12-27)10-24-16-2-1-8-25-26-16/h1-6,8,15,17H,7,9-12H2,(H,24,26)/t15-/m1/s1. The number of ether oxygens (including phenoxy) is 1. The Morgan fingerprint density at radius 2 is 2.03 bits per heavy atom. The second-order valence-electron chi connectivity index (χ2n) is 6.75. The second kappa shape index (κ2) is 9.06. The summed E-state index contributed by atoms with van der Waals surface area (Å²) in [5.41, 5.74) is 0.356. The molecule has 29 heavy (non-hydrogen) atoms. The summed E-state index contributed by atoms with van der Waals surface area (Å²) in [6.07, 6.45) is -1.86. The number of anilines is 1. The van der Waals surface area contributed by atoms with Crippen LogP contribution in [0.2, 0.25) is 0 Å². The molecular weight excluding hydrogens is 392 g/mol. The third kappa shape index (κ3) is 5.55. The van der Waals surface area contributed by atoms with Crippen LogP contribution in [0.3, 0.4) is 0 Å². The molecule has 0 bridgehead atoms. The fourth-order valence-electron chi connectivity index (χ4n) is 3.01. The van der Waals surface area contributed by atoms with E-state index in [9.17, 15) is 22.4 Å². The van der Waals surface area contributed by atoms with E-state index in [2.05, 4.69) is 15.5 Å². The maximum absolute atomic E-state index is 14.5. The lowest BCUT2D eigenvalue weighted by atomic mass is 9.93. The number of halogens is 4. The van der Waals surface area contributed by atoms with Gasteiger partial charge in [0.15, 0.2) is 0 Å². The Kier molecular flexibility index (Phi) is 6.50. The van der Waals surface area contributed by atoms with Crippen molar-refractivity contribution in [2.45, 2.75) is 25.4 Å². The number of rotatable bonds is 6. The number of hydrogen-bond acceptors (Lipinski definition) is 5. The molecule has 1 aromatic carbocycles. The largest absolute Gasteiger partial charge is 0.445 e. The lowest BCUT2D eigenvalue weighted by molar-refractivity contribution is -0.101. The van der Waals surface area contributed by atoms with Crippen LogP contribution < -0.4 is 5.32 Å². The van der Waals surface area contributed by atoms with E-state index in [1.54, 1.807) is 12.1 Å². The van der Waals surface area contributed by atoms with E-state index < -0.39 is 30.9 Å². The summed E-state index contributed by atoms with van der Waals surface area (Å²) in [6, 6.07) is 8.56. The Hall–Kier alpha value is -2.91. The fraction of sp³-hybridized carbons (Fsp3) is 0.421. The molecule has 1 N–H and O–H groups in total.